The van der Waals surface area contributed by atoms with Crippen LogP contribution in [0.5, 0.6) is 0 Å². The lowest BCUT2D eigenvalue weighted by Gasteiger charge is -2.11. The molecule has 26 heavy (non-hydrogen) atoms. The molecule has 5 nitrogen and oxygen atoms in total. The fourth-order valence-corrected chi connectivity index (χ4v) is 4.23. The first-order valence-electron chi connectivity index (χ1n) is 8.13. The summed E-state index contributed by atoms with van der Waals surface area (Å²) in [6.45, 7) is 5.44. The number of sulfonamides is 1. The van der Waals surface area contributed by atoms with Gasteiger partial charge in [-0.15, -0.1) is 0 Å². The smallest absolute Gasteiger partial charge is 0.252 e. The standard InChI is InChI=1S/C20H22N2O3S/c1-14-12-15(2)19(16(3)13-14)26(24,25)22-11-7-9-17-8-5-6-10-18(17)20(23)21-4/h5-6,8,10,12-13,22H,11H2,1-4H3,(H,21,23). The average molecular weight is 370 g/mol. The SMILES string of the molecule is CNC(=O)c1ccccc1C#CCNS(=O)(=O)c1c(C)cc(C)cc1C. The number of benzene rings is 2. The van der Waals surface area contributed by atoms with E-state index in [1.165, 1.54) is 0 Å². The van der Waals surface area contributed by atoms with E-state index < -0.39 is 10.0 Å². The van der Waals surface area contributed by atoms with Gasteiger partial charge in [0.05, 0.1) is 17.0 Å². The van der Waals surface area contributed by atoms with Crippen molar-refractivity contribution in [2.45, 2.75) is 25.7 Å². The largest absolute Gasteiger partial charge is 0.355 e. The highest BCUT2D eigenvalue weighted by Gasteiger charge is 2.18. The Hall–Kier alpha value is -2.62. The van der Waals surface area contributed by atoms with Crippen molar-refractivity contribution in [2.24, 2.45) is 0 Å². The first-order chi connectivity index (χ1) is 12.3. The van der Waals surface area contributed by atoms with Gasteiger partial charge in [0.1, 0.15) is 0 Å². The van der Waals surface area contributed by atoms with Crippen molar-refractivity contribution in [1.29, 1.82) is 0 Å². The number of amides is 1. The number of hydrogen-bond donors (Lipinski definition) is 2. The summed E-state index contributed by atoms with van der Waals surface area (Å²) in [7, 11) is -2.11. The molecule has 0 fully saturated rings. The normalized spacial score (nSPS) is 10.8. The minimum Gasteiger partial charge on any atom is -0.355 e. The molecule has 0 aliphatic carbocycles. The summed E-state index contributed by atoms with van der Waals surface area (Å²) in [5, 5.41) is 2.56. The molecule has 136 valence electrons. The molecule has 0 saturated carbocycles. The van der Waals surface area contributed by atoms with E-state index in [1.54, 1.807) is 45.2 Å². The molecular weight excluding hydrogens is 348 g/mol. The van der Waals surface area contributed by atoms with Crippen LogP contribution in [0.2, 0.25) is 0 Å². The lowest BCUT2D eigenvalue weighted by atomic mass is 10.1. The van der Waals surface area contributed by atoms with Gasteiger partial charge in [-0.1, -0.05) is 41.7 Å². The van der Waals surface area contributed by atoms with Crippen molar-refractivity contribution in [1.82, 2.24) is 10.0 Å². The van der Waals surface area contributed by atoms with Gasteiger partial charge < -0.3 is 5.32 Å². The van der Waals surface area contributed by atoms with E-state index in [9.17, 15) is 13.2 Å². The molecule has 0 aliphatic rings. The highest BCUT2D eigenvalue weighted by Crippen LogP contribution is 2.21. The number of aryl methyl sites for hydroxylation is 3. The van der Waals surface area contributed by atoms with E-state index >= 15 is 0 Å². The predicted octanol–water partition coefficient (Wildman–Crippen LogP) is 2.30. The monoisotopic (exact) mass is 370 g/mol. The molecule has 0 radical (unpaired) electrons. The third-order valence-electron chi connectivity index (χ3n) is 3.85. The molecule has 6 heteroatoms. The molecule has 0 aliphatic heterocycles. The van der Waals surface area contributed by atoms with Crippen LogP contribution < -0.4 is 10.0 Å². The van der Waals surface area contributed by atoms with Crippen LogP contribution in [0.3, 0.4) is 0 Å². The van der Waals surface area contributed by atoms with E-state index in [4.69, 9.17) is 0 Å². The molecule has 2 aromatic carbocycles. The molecular formula is C20H22N2O3S. The van der Waals surface area contributed by atoms with E-state index in [0.29, 0.717) is 22.3 Å². The van der Waals surface area contributed by atoms with Gasteiger partial charge in [-0.25, -0.2) is 8.42 Å². The lowest BCUT2D eigenvalue weighted by Crippen LogP contribution is -2.25. The zero-order valence-corrected chi connectivity index (χ0v) is 16.1. The Morgan fingerprint density at radius 2 is 1.69 bits per heavy atom. The molecule has 0 heterocycles. The van der Waals surface area contributed by atoms with Gasteiger partial charge in [-0.2, -0.15) is 4.72 Å². The molecule has 0 saturated heterocycles. The average Bonchev–Trinajstić information content (AvgIpc) is 2.57. The summed E-state index contributed by atoms with van der Waals surface area (Å²) in [6.07, 6.45) is 0. The van der Waals surface area contributed by atoms with Gasteiger partial charge in [-0.3, -0.25) is 4.79 Å². The molecule has 2 rings (SSSR count). The highest BCUT2D eigenvalue weighted by atomic mass is 32.2. The lowest BCUT2D eigenvalue weighted by molar-refractivity contribution is 0.0963. The Balaban J connectivity index is 2.19. The van der Waals surface area contributed by atoms with Gasteiger partial charge in [0.25, 0.3) is 5.91 Å². The molecule has 0 bridgehead atoms. The zero-order chi connectivity index (χ0) is 19.3. The maximum Gasteiger partial charge on any atom is 0.252 e. The Kier molecular flexibility index (Phi) is 6.19. The second kappa shape index (κ2) is 8.17. The Bertz CT molecular complexity index is 976. The van der Waals surface area contributed by atoms with E-state index in [2.05, 4.69) is 21.9 Å². The summed E-state index contributed by atoms with van der Waals surface area (Å²) in [5.41, 5.74) is 3.43. The second-order valence-corrected chi connectivity index (χ2v) is 7.68. The maximum absolute atomic E-state index is 12.6. The maximum atomic E-state index is 12.6. The first-order valence-corrected chi connectivity index (χ1v) is 9.62. The second-order valence-electron chi connectivity index (χ2n) is 5.98. The van der Waals surface area contributed by atoms with Crippen molar-refractivity contribution in [3.05, 3.63) is 64.2 Å². The number of carbonyl (C=O) groups excluding carboxylic acids is 1. The van der Waals surface area contributed by atoms with Crippen molar-refractivity contribution >= 4 is 15.9 Å². The van der Waals surface area contributed by atoms with Crippen molar-refractivity contribution in [2.75, 3.05) is 13.6 Å². The quantitative estimate of drug-likeness (QED) is 0.811. The van der Waals surface area contributed by atoms with Crippen LogP contribution >= 0.6 is 0 Å². The summed E-state index contributed by atoms with van der Waals surface area (Å²) >= 11 is 0. The van der Waals surface area contributed by atoms with Crippen molar-refractivity contribution in [3.63, 3.8) is 0 Å². The molecule has 0 spiro atoms. The highest BCUT2D eigenvalue weighted by molar-refractivity contribution is 7.89. The van der Waals surface area contributed by atoms with E-state index in [-0.39, 0.29) is 17.3 Å². The molecule has 0 unspecified atom stereocenters. The third-order valence-corrected chi connectivity index (χ3v) is 5.55. The summed E-state index contributed by atoms with van der Waals surface area (Å²) < 4.78 is 27.7. The van der Waals surface area contributed by atoms with Crippen molar-refractivity contribution < 1.29 is 13.2 Å². The number of hydrogen-bond acceptors (Lipinski definition) is 3. The summed E-state index contributed by atoms with van der Waals surface area (Å²) in [6, 6.07) is 10.6. The van der Waals surface area contributed by atoms with Crippen LogP contribution in [0.15, 0.2) is 41.3 Å². The Labute approximate surface area is 154 Å². The predicted molar refractivity (Wildman–Crippen MR) is 103 cm³/mol. The zero-order valence-electron chi connectivity index (χ0n) is 15.3. The van der Waals surface area contributed by atoms with Crippen molar-refractivity contribution in [3.8, 4) is 11.8 Å². The van der Waals surface area contributed by atoms with Crippen LogP contribution in [0, 0.1) is 32.6 Å². The minimum atomic E-state index is -3.66. The number of carbonyl (C=O) groups is 1. The molecule has 1 amide bonds. The minimum absolute atomic E-state index is 0.0445. The van der Waals surface area contributed by atoms with Gasteiger partial charge in [0.2, 0.25) is 10.0 Å². The van der Waals surface area contributed by atoms with Crippen LogP contribution in [-0.2, 0) is 10.0 Å². The molecule has 0 atom stereocenters. The van der Waals surface area contributed by atoms with Crippen LogP contribution in [-0.4, -0.2) is 27.9 Å². The number of nitrogens with one attached hydrogen (secondary N) is 2. The van der Waals surface area contributed by atoms with Gasteiger partial charge in [0.15, 0.2) is 0 Å². The van der Waals surface area contributed by atoms with Gasteiger partial charge >= 0.3 is 0 Å². The van der Waals surface area contributed by atoms with E-state index in [0.717, 1.165) is 5.56 Å². The Morgan fingerprint density at radius 3 is 2.31 bits per heavy atom. The number of rotatable bonds is 4. The topological polar surface area (TPSA) is 75.3 Å². The molecule has 2 N–H and O–H groups in total. The van der Waals surface area contributed by atoms with Crippen LogP contribution in [0.4, 0.5) is 0 Å². The first kappa shape index (κ1) is 19.7. The Morgan fingerprint density at radius 1 is 1.08 bits per heavy atom. The third kappa shape index (κ3) is 4.51. The van der Waals surface area contributed by atoms with Crippen LogP contribution in [0.25, 0.3) is 0 Å². The molecule has 0 aromatic heterocycles. The van der Waals surface area contributed by atoms with Crippen LogP contribution in [0.1, 0.15) is 32.6 Å². The summed E-state index contributed by atoms with van der Waals surface area (Å²) in [5.74, 6) is 5.40. The fourth-order valence-electron chi connectivity index (χ4n) is 2.86. The van der Waals surface area contributed by atoms with E-state index in [1.807, 2.05) is 19.1 Å². The fraction of sp³-hybridized carbons (Fsp3) is 0.250. The summed E-state index contributed by atoms with van der Waals surface area (Å²) in [4.78, 5) is 12.1. The van der Waals surface area contributed by atoms with Gasteiger partial charge in [-0.05, 0) is 44.0 Å². The van der Waals surface area contributed by atoms with Gasteiger partial charge in [0, 0.05) is 12.6 Å². The molecule has 2 aromatic rings.